The summed E-state index contributed by atoms with van der Waals surface area (Å²) in [6.07, 6.45) is 29.4. The molecular weight excluding hydrogens is 330 g/mol. The highest BCUT2D eigenvalue weighted by Crippen LogP contribution is 2.14. The van der Waals surface area contributed by atoms with E-state index in [2.05, 4.69) is 13.8 Å². The number of hydrogen-bond donors (Lipinski definition) is 1. The molecule has 0 fully saturated rings. The van der Waals surface area contributed by atoms with Gasteiger partial charge in [0.2, 0.25) is 0 Å². The number of unbranched alkanes of at least 4 members (excludes halogenated alkanes) is 19. The van der Waals surface area contributed by atoms with Crippen LogP contribution in [-0.2, 0) is 4.74 Å². The van der Waals surface area contributed by atoms with Crippen molar-refractivity contribution in [1.29, 1.82) is 0 Å². The molecule has 0 radical (unpaired) electrons. The Kier molecular flexibility index (Phi) is 23.9. The number of rotatable bonds is 23. The van der Waals surface area contributed by atoms with E-state index in [1.54, 1.807) is 0 Å². The van der Waals surface area contributed by atoms with E-state index >= 15 is 0 Å². The Balaban J connectivity index is 2.99. The van der Waals surface area contributed by atoms with E-state index in [4.69, 9.17) is 10.5 Å². The van der Waals surface area contributed by atoms with Crippen molar-refractivity contribution in [3.8, 4) is 0 Å². The maximum atomic E-state index is 5.74. The van der Waals surface area contributed by atoms with E-state index in [0.717, 1.165) is 13.0 Å². The first kappa shape index (κ1) is 26.9. The lowest BCUT2D eigenvalue weighted by atomic mass is 10.0. The molecule has 0 amide bonds. The van der Waals surface area contributed by atoms with Gasteiger partial charge in [0, 0.05) is 6.61 Å². The zero-order chi connectivity index (χ0) is 19.8. The molecule has 2 N–H and O–H groups in total. The molecule has 2 heteroatoms. The van der Waals surface area contributed by atoms with Crippen molar-refractivity contribution < 1.29 is 4.74 Å². The number of ether oxygens (including phenoxy) is 1. The average molecular weight is 384 g/mol. The third-order valence-corrected chi connectivity index (χ3v) is 5.73. The van der Waals surface area contributed by atoms with Crippen LogP contribution in [0.25, 0.3) is 0 Å². The second-order valence-electron chi connectivity index (χ2n) is 8.54. The zero-order valence-corrected chi connectivity index (χ0v) is 19.1. The molecular formula is C25H53NO. The van der Waals surface area contributed by atoms with Crippen LogP contribution < -0.4 is 5.73 Å². The lowest BCUT2D eigenvalue weighted by Gasteiger charge is -2.09. The third kappa shape index (κ3) is 23.9. The molecule has 0 spiro atoms. The predicted octanol–water partition coefficient (Wildman–Crippen LogP) is 8.52. The van der Waals surface area contributed by atoms with Crippen LogP contribution in [0.5, 0.6) is 0 Å². The minimum absolute atomic E-state index is 0.0506. The first-order chi connectivity index (χ1) is 13.3. The highest BCUT2D eigenvalue weighted by Gasteiger charge is 1.98. The molecule has 0 rings (SSSR count). The monoisotopic (exact) mass is 383 g/mol. The van der Waals surface area contributed by atoms with Crippen LogP contribution in [0, 0.1) is 0 Å². The summed E-state index contributed by atoms with van der Waals surface area (Å²) in [5.41, 5.74) is 5.74. The quantitative estimate of drug-likeness (QED) is 0.142. The van der Waals surface area contributed by atoms with Crippen LogP contribution in [0.1, 0.15) is 149 Å². The maximum Gasteiger partial charge on any atom is 0.105 e. The van der Waals surface area contributed by atoms with Crippen molar-refractivity contribution in [1.82, 2.24) is 0 Å². The highest BCUT2D eigenvalue weighted by molar-refractivity contribution is 4.51. The van der Waals surface area contributed by atoms with Crippen molar-refractivity contribution >= 4 is 0 Å². The van der Waals surface area contributed by atoms with Crippen LogP contribution in [0.15, 0.2) is 0 Å². The minimum atomic E-state index is -0.0506. The smallest absolute Gasteiger partial charge is 0.105 e. The molecule has 0 aromatic carbocycles. The molecule has 0 bridgehead atoms. The van der Waals surface area contributed by atoms with E-state index in [1.807, 2.05) is 0 Å². The molecule has 1 atom stereocenters. The number of hydrogen-bond acceptors (Lipinski definition) is 2. The molecule has 2 nitrogen and oxygen atoms in total. The molecule has 27 heavy (non-hydrogen) atoms. The van der Waals surface area contributed by atoms with Crippen LogP contribution >= 0.6 is 0 Å². The normalized spacial score (nSPS) is 12.6. The van der Waals surface area contributed by atoms with E-state index in [-0.39, 0.29) is 6.23 Å². The second-order valence-corrected chi connectivity index (χ2v) is 8.54. The van der Waals surface area contributed by atoms with E-state index < -0.39 is 0 Å². The fraction of sp³-hybridized carbons (Fsp3) is 1.00. The highest BCUT2D eigenvalue weighted by atomic mass is 16.5. The van der Waals surface area contributed by atoms with Gasteiger partial charge in [-0.3, -0.25) is 0 Å². The number of nitrogens with two attached hydrogens (primary N) is 1. The molecule has 164 valence electrons. The van der Waals surface area contributed by atoms with Crippen molar-refractivity contribution in [3.05, 3.63) is 0 Å². The minimum Gasteiger partial charge on any atom is -0.364 e. The Hall–Kier alpha value is -0.0800. The average Bonchev–Trinajstić information content (AvgIpc) is 2.68. The summed E-state index contributed by atoms with van der Waals surface area (Å²) in [6, 6.07) is 0. The van der Waals surface area contributed by atoms with Gasteiger partial charge in [0.15, 0.2) is 0 Å². The van der Waals surface area contributed by atoms with Crippen molar-refractivity contribution in [2.24, 2.45) is 5.73 Å². The molecule has 1 unspecified atom stereocenters. The zero-order valence-electron chi connectivity index (χ0n) is 19.1. The predicted molar refractivity (Wildman–Crippen MR) is 122 cm³/mol. The van der Waals surface area contributed by atoms with Gasteiger partial charge in [-0.2, -0.15) is 0 Å². The lowest BCUT2D eigenvalue weighted by Crippen LogP contribution is -2.22. The first-order valence-electron chi connectivity index (χ1n) is 12.7. The van der Waals surface area contributed by atoms with Gasteiger partial charge in [-0.1, -0.05) is 136 Å². The van der Waals surface area contributed by atoms with Crippen molar-refractivity contribution in [2.75, 3.05) is 6.61 Å². The summed E-state index contributed by atoms with van der Waals surface area (Å²) < 4.78 is 5.51. The Bertz CT molecular complexity index is 257. The Morgan fingerprint density at radius 1 is 0.481 bits per heavy atom. The van der Waals surface area contributed by atoms with E-state index in [9.17, 15) is 0 Å². The first-order valence-corrected chi connectivity index (χ1v) is 12.7. The molecule has 0 aliphatic carbocycles. The fourth-order valence-electron chi connectivity index (χ4n) is 3.71. The Morgan fingerprint density at radius 2 is 0.778 bits per heavy atom. The third-order valence-electron chi connectivity index (χ3n) is 5.73. The fourth-order valence-corrected chi connectivity index (χ4v) is 3.71. The summed E-state index contributed by atoms with van der Waals surface area (Å²) in [6.45, 7) is 5.21. The summed E-state index contributed by atoms with van der Waals surface area (Å²) in [7, 11) is 0. The molecule has 0 aliphatic rings. The summed E-state index contributed by atoms with van der Waals surface area (Å²) in [5, 5.41) is 0. The summed E-state index contributed by atoms with van der Waals surface area (Å²) in [5.74, 6) is 0. The molecule has 0 saturated heterocycles. The van der Waals surface area contributed by atoms with Gasteiger partial charge in [0.1, 0.15) is 6.23 Å². The van der Waals surface area contributed by atoms with Gasteiger partial charge in [0.25, 0.3) is 0 Å². The molecule has 0 heterocycles. The van der Waals surface area contributed by atoms with Crippen molar-refractivity contribution in [3.63, 3.8) is 0 Å². The summed E-state index contributed by atoms with van der Waals surface area (Å²) >= 11 is 0. The van der Waals surface area contributed by atoms with E-state index in [1.165, 1.54) is 128 Å². The van der Waals surface area contributed by atoms with Crippen LogP contribution in [0.4, 0.5) is 0 Å². The lowest BCUT2D eigenvalue weighted by molar-refractivity contribution is 0.0526. The Morgan fingerprint density at radius 3 is 1.07 bits per heavy atom. The SMILES string of the molecule is CCCCCCCCCCCCCCCCCCCCCCOC(N)CC. The molecule has 0 aromatic rings. The second kappa shape index (κ2) is 24.0. The van der Waals surface area contributed by atoms with Crippen molar-refractivity contribution in [2.45, 2.75) is 155 Å². The maximum absolute atomic E-state index is 5.74. The molecule has 0 aliphatic heterocycles. The topological polar surface area (TPSA) is 35.2 Å². The van der Waals surface area contributed by atoms with Gasteiger partial charge >= 0.3 is 0 Å². The largest absolute Gasteiger partial charge is 0.364 e. The van der Waals surface area contributed by atoms with Crippen LogP contribution in [-0.4, -0.2) is 12.8 Å². The molecule has 0 aromatic heterocycles. The van der Waals surface area contributed by atoms with Gasteiger partial charge in [-0.25, -0.2) is 0 Å². The standard InChI is InChI=1S/C25H53NO/c1-3-5-6-7-8-9-10-11-12-13-14-15-16-17-18-19-20-21-22-23-24-27-25(26)4-2/h25H,3-24,26H2,1-2H3. The van der Waals surface area contributed by atoms with Gasteiger partial charge < -0.3 is 10.5 Å². The van der Waals surface area contributed by atoms with Crippen LogP contribution in [0.2, 0.25) is 0 Å². The molecule has 0 saturated carbocycles. The van der Waals surface area contributed by atoms with E-state index in [0.29, 0.717) is 0 Å². The van der Waals surface area contributed by atoms with Crippen LogP contribution in [0.3, 0.4) is 0 Å². The van der Waals surface area contributed by atoms with Gasteiger partial charge in [-0.15, -0.1) is 0 Å². The van der Waals surface area contributed by atoms with Gasteiger partial charge in [-0.05, 0) is 12.8 Å². The Labute approximate surface area is 172 Å². The summed E-state index contributed by atoms with van der Waals surface area (Å²) in [4.78, 5) is 0. The van der Waals surface area contributed by atoms with Gasteiger partial charge in [0.05, 0.1) is 0 Å².